The number of benzene rings is 1. The zero-order valence-corrected chi connectivity index (χ0v) is 16.0. The van der Waals surface area contributed by atoms with Crippen molar-refractivity contribution in [1.29, 1.82) is 0 Å². The Balaban J connectivity index is 1.91. The normalized spacial score (nSPS) is 13.4. The number of nitrogens with one attached hydrogen (secondary N) is 1. The van der Waals surface area contributed by atoms with E-state index in [1.54, 1.807) is 11.3 Å². The number of carbonyl (C=O) groups excluding carboxylic acids is 1. The SMILES string of the molecule is CC(C)(C)c1ccc(C(=O)C=c2[nH]c(=O)c(=Cc3cccs3)s2)cc1. The Morgan fingerprint density at radius 2 is 1.84 bits per heavy atom. The van der Waals surface area contributed by atoms with Crippen LogP contribution < -0.4 is 14.8 Å². The first-order valence-corrected chi connectivity index (χ1v) is 9.63. The molecule has 1 aromatic carbocycles. The highest BCUT2D eigenvalue weighted by Gasteiger charge is 2.13. The molecule has 0 unspecified atom stereocenters. The summed E-state index contributed by atoms with van der Waals surface area (Å²) in [6.07, 6.45) is 3.33. The van der Waals surface area contributed by atoms with Gasteiger partial charge >= 0.3 is 0 Å². The molecule has 2 aromatic heterocycles. The zero-order chi connectivity index (χ0) is 18.0. The minimum absolute atomic E-state index is 0.0524. The minimum Gasteiger partial charge on any atom is -0.313 e. The summed E-state index contributed by atoms with van der Waals surface area (Å²) in [6, 6.07) is 11.5. The summed E-state index contributed by atoms with van der Waals surface area (Å²) in [6.45, 7) is 6.41. The Morgan fingerprint density at radius 1 is 1.12 bits per heavy atom. The minimum atomic E-state index is -0.166. The van der Waals surface area contributed by atoms with E-state index in [4.69, 9.17) is 0 Å². The van der Waals surface area contributed by atoms with Gasteiger partial charge in [0.05, 0.1) is 9.20 Å². The molecule has 25 heavy (non-hydrogen) atoms. The Hall–Kier alpha value is -2.24. The average molecular weight is 370 g/mol. The summed E-state index contributed by atoms with van der Waals surface area (Å²) in [4.78, 5) is 28.2. The van der Waals surface area contributed by atoms with E-state index in [0.29, 0.717) is 14.8 Å². The van der Waals surface area contributed by atoms with E-state index in [9.17, 15) is 9.59 Å². The van der Waals surface area contributed by atoms with Crippen molar-refractivity contribution >= 4 is 40.6 Å². The summed E-state index contributed by atoms with van der Waals surface area (Å²) in [5.74, 6) is -0.111. The number of hydrogen-bond acceptors (Lipinski definition) is 4. The second kappa shape index (κ2) is 6.94. The van der Waals surface area contributed by atoms with E-state index in [1.807, 2.05) is 47.9 Å². The molecule has 1 N–H and O–H groups in total. The van der Waals surface area contributed by atoms with Crippen molar-refractivity contribution in [2.75, 3.05) is 0 Å². The first kappa shape index (κ1) is 17.6. The lowest BCUT2D eigenvalue weighted by Crippen LogP contribution is -2.19. The zero-order valence-electron chi connectivity index (χ0n) is 14.3. The maximum Gasteiger partial charge on any atom is 0.266 e. The molecule has 3 rings (SSSR count). The lowest BCUT2D eigenvalue weighted by atomic mass is 9.86. The van der Waals surface area contributed by atoms with Crippen molar-refractivity contribution in [2.24, 2.45) is 0 Å². The van der Waals surface area contributed by atoms with Crippen LogP contribution >= 0.6 is 22.7 Å². The molecule has 0 atom stereocenters. The number of H-pyrrole nitrogens is 1. The van der Waals surface area contributed by atoms with Crippen molar-refractivity contribution in [3.05, 3.63) is 77.3 Å². The first-order chi connectivity index (χ1) is 11.8. The van der Waals surface area contributed by atoms with Crippen molar-refractivity contribution < 1.29 is 4.79 Å². The van der Waals surface area contributed by atoms with Crippen LogP contribution in [0.4, 0.5) is 0 Å². The number of carbonyl (C=O) groups is 1. The fourth-order valence-corrected chi connectivity index (χ4v) is 3.97. The summed E-state index contributed by atoms with van der Waals surface area (Å²) in [7, 11) is 0. The molecule has 0 bridgehead atoms. The molecule has 0 fully saturated rings. The van der Waals surface area contributed by atoms with Gasteiger partial charge in [-0.15, -0.1) is 22.7 Å². The Bertz CT molecular complexity index is 1050. The molecular formula is C20H19NO2S2. The largest absolute Gasteiger partial charge is 0.313 e. The van der Waals surface area contributed by atoms with Crippen LogP contribution in [-0.4, -0.2) is 10.8 Å². The van der Waals surface area contributed by atoms with E-state index in [1.165, 1.54) is 23.0 Å². The van der Waals surface area contributed by atoms with E-state index >= 15 is 0 Å². The summed E-state index contributed by atoms with van der Waals surface area (Å²) in [5, 5.41) is 1.96. The monoisotopic (exact) mass is 369 g/mol. The first-order valence-electron chi connectivity index (χ1n) is 7.94. The molecule has 128 valence electrons. The fourth-order valence-electron chi connectivity index (χ4n) is 2.36. The third-order valence-corrected chi connectivity index (χ3v) is 5.58. The molecule has 0 aliphatic heterocycles. The van der Waals surface area contributed by atoms with Gasteiger partial charge in [-0.05, 0) is 28.5 Å². The third-order valence-electron chi connectivity index (χ3n) is 3.79. The highest BCUT2D eigenvalue weighted by molar-refractivity contribution is 7.11. The van der Waals surface area contributed by atoms with Crippen LogP contribution in [0.2, 0.25) is 0 Å². The van der Waals surface area contributed by atoms with Crippen LogP contribution in [-0.2, 0) is 5.41 Å². The van der Waals surface area contributed by atoms with Gasteiger partial charge in [-0.1, -0.05) is 51.1 Å². The number of aromatic nitrogens is 1. The van der Waals surface area contributed by atoms with Crippen LogP contribution in [0.5, 0.6) is 0 Å². The molecule has 0 saturated heterocycles. The van der Waals surface area contributed by atoms with Gasteiger partial charge < -0.3 is 4.98 Å². The predicted octanol–water partition coefficient (Wildman–Crippen LogP) is 3.29. The Morgan fingerprint density at radius 3 is 2.44 bits per heavy atom. The standard InChI is InChI=1S/C20H19NO2S2/c1-20(2,3)14-8-6-13(7-9-14)16(22)12-18-21-19(23)17(25-18)11-15-5-4-10-24-15/h4-12H,1-3H3,(H,21,23). The van der Waals surface area contributed by atoms with Crippen LogP contribution in [0.1, 0.15) is 41.6 Å². The average Bonchev–Trinajstić information content (AvgIpc) is 3.17. The second-order valence-corrected chi connectivity index (χ2v) is 8.84. The molecule has 0 saturated carbocycles. The molecule has 0 spiro atoms. The summed E-state index contributed by atoms with van der Waals surface area (Å²) < 4.78 is 1.17. The van der Waals surface area contributed by atoms with E-state index in [-0.39, 0.29) is 16.8 Å². The molecule has 3 aromatic rings. The number of thiazole rings is 1. The quantitative estimate of drug-likeness (QED) is 0.720. The van der Waals surface area contributed by atoms with E-state index in [0.717, 1.165) is 4.88 Å². The Kier molecular flexibility index (Phi) is 4.88. The summed E-state index contributed by atoms with van der Waals surface area (Å²) in [5.41, 5.74) is 1.68. The van der Waals surface area contributed by atoms with Gasteiger partial charge in [0.25, 0.3) is 5.56 Å². The number of ketones is 1. The third kappa shape index (κ3) is 4.24. The molecule has 0 amide bonds. The molecular weight excluding hydrogens is 350 g/mol. The van der Waals surface area contributed by atoms with Crippen molar-refractivity contribution in [2.45, 2.75) is 26.2 Å². The van der Waals surface area contributed by atoms with Gasteiger partial charge in [0, 0.05) is 16.5 Å². The molecule has 2 heterocycles. The second-order valence-electron chi connectivity index (χ2n) is 6.78. The van der Waals surface area contributed by atoms with Gasteiger partial charge in [0.1, 0.15) is 0 Å². The van der Waals surface area contributed by atoms with Gasteiger partial charge in [-0.25, -0.2) is 0 Å². The van der Waals surface area contributed by atoms with Crippen molar-refractivity contribution in [3.8, 4) is 0 Å². The van der Waals surface area contributed by atoms with Gasteiger partial charge in [-0.3, -0.25) is 9.59 Å². The maximum absolute atomic E-state index is 12.4. The maximum atomic E-state index is 12.4. The van der Waals surface area contributed by atoms with E-state index in [2.05, 4.69) is 25.8 Å². The van der Waals surface area contributed by atoms with Gasteiger partial charge in [-0.2, -0.15) is 0 Å². The highest BCUT2D eigenvalue weighted by atomic mass is 32.1. The topological polar surface area (TPSA) is 49.9 Å². The highest BCUT2D eigenvalue weighted by Crippen LogP contribution is 2.22. The van der Waals surface area contributed by atoms with E-state index < -0.39 is 0 Å². The molecule has 5 heteroatoms. The van der Waals surface area contributed by atoms with Gasteiger partial charge in [0.2, 0.25) is 0 Å². The van der Waals surface area contributed by atoms with Crippen molar-refractivity contribution in [3.63, 3.8) is 0 Å². The smallest absolute Gasteiger partial charge is 0.266 e. The molecule has 0 aliphatic rings. The van der Waals surface area contributed by atoms with Crippen LogP contribution in [0.25, 0.3) is 12.2 Å². The van der Waals surface area contributed by atoms with Gasteiger partial charge in [0.15, 0.2) is 5.78 Å². The fraction of sp³-hybridized carbons (Fsp3) is 0.200. The van der Waals surface area contributed by atoms with Crippen LogP contribution in [0.3, 0.4) is 0 Å². The van der Waals surface area contributed by atoms with Crippen LogP contribution in [0.15, 0.2) is 46.6 Å². The summed E-state index contributed by atoms with van der Waals surface area (Å²) >= 11 is 2.87. The lowest BCUT2D eigenvalue weighted by molar-refractivity contribution is 0.106. The number of rotatable bonds is 3. The number of Topliss-reactive ketones (excluding diaryl/α,β-unsaturated/α-hetero) is 1. The molecule has 0 aliphatic carbocycles. The molecule has 0 radical (unpaired) electrons. The number of thiophene rings is 1. The molecule has 3 nitrogen and oxygen atoms in total. The lowest BCUT2D eigenvalue weighted by Gasteiger charge is -2.18. The predicted molar refractivity (Wildman–Crippen MR) is 106 cm³/mol. The van der Waals surface area contributed by atoms with Crippen molar-refractivity contribution in [1.82, 2.24) is 4.98 Å². The van der Waals surface area contributed by atoms with Crippen LogP contribution in [0, 0.1) is 0 Å². The number of aromatic amines is 1. The Labute approximate surface area is 154 Å². The number of hydrogen-bond donors (Lipinski definition) is 1.